The standard InChI is InChI=1S/C11H15N3O3S/c1-6-7(2)18-10(12-6)13-9(17)14-11(8(15)16)4-3-5-11/h3-5H2,1-2H3,(H,15,16)(H2,12,13,14,17). The normalized spacial score (nSPS) is 16.8. The molecule has 0 atom stereocenters. The molecule has 1 aromatic heterocycles. The lowest BCUT2D eigenvalue weighted by Gasteiger charge is -2.37. The van der Waals surface area contributed by atoms with Gasteiger partial charge in [-0.1, -0.05) is 0 Å². The minimum absolute atomic E-state index is 0.478. The van der Waals surface area contributed by atoms with Gasteiger partial charge in [0, 0.05) is 4.88 Å². The molecule has 0 aliphatic heterocycles. The van der Waals surface area contributed by atoms with Gasteiger partial charge in [0.1, 0.15) is 5.54 Å². The Kier molecular flexibility index (Phi) is 3.25. The number of aryl methyl sites for hydroxylation is 2. The molecule has 0 bridgehead atoms. The van der Waals surface area contributed by atoms with E-state index in [1.807, 2.05) is 13.8 Å². The minimum Gasteiger partial charge on any atom is -0.480 e. The Morgan fingerprint density at radius 3 is 2.44 bits per heavy atom. The van der Waals surface area contributed by atoms with Gasteiger partial charge in [-0.2, -0.15) is 0 Å². The van der Waals surface area contributed by atoms with Gasteiger partial charge < -0.3 is 10.4 Å². The summed E-state index contributed by atoms with van der Waals surface area (Å²) in [5.41, 5.74) is -0.224. The maximum absolute atomic E-state index is 11.7. The average Bonchev–Trinajstić information content (AvgIpc) is 2.51. The SMILES string of the molecule is Cc1nc(NC(=O)NC2(C(=O)O)CCC2)sc1C. The monoisotopic (exact) mass is 269 g/mol. The van der Waals surface area contributed by atoms with Crippen LogP contribution in [0.25, 0.3) is 0 Å². The van der Waals surface area contributed by atoms with E-state index >= 15 is 0 Å². The maximum atomic E-state index is 11.7. The Labute approximate surface area is 108 Å². The zero-order chi connectivity index (χ0) is 13.3. The van der Waals surface area contributed by atoms with E-state index in [-0.39, 0.29) is 0 Å². The third-order valence-corrected chi connectivity index (χ3v) is 4.21. The molecule has 6 nitrogen and oxygen atoms in total. The minimum atomic E-state index is -1.09. The molecule has 0 aromatic carbocycles. The summed E-state index contributed by atoms with van der Waals surface area (Å²) in [4.78, 5) is 28.0. The molecule has 2 amide bonds. The summed E-state index contributed by atoms with van der Waals surface area (Å²) in [6.07, 6.45) is 1.78. The van der Waals surface area contributed by atoms with E-state index in [1.54, 1.807) is 0 Å². The van der Waals surface area contributed by atoms with E-state index in [2.05, 4.69) is 15.6 Å². The van der Waals surface area contributed by atoms with Crippen LogP contribution >= 0.6 is 11.3 Å². The first-order chi connectivity index (χ1) is 8.43. The lowest BCUT2D eigenvalue weighted by molar-refractivity contribution is -0.148. The van der Waals surface area contributed by atoms with E-state index in [9.17, 15) is 9.59 Å². The van der Waals surface area contributed by atoms with Crippen molar-refractivity contribution < 1.29 is 14.7 Å². The predicted octanol–water partition coefficient (Wildman–Crippen LogP) is 1.89. The highest BCUT2D eigenvalue weighted by Crippen LogP contribution is 2.32. The van der Waals surface area contributed by atoms with Gasteiger partial charge in [0.25, 0.3) is 0 Å². The van der Waals surface area contributed by atoms with E-state index in [0.717, 1.165) is 17.0 Å². The zero-order valence-electron chi connectivity index (χ0n) is 10.2. The van der Waals surface area contributed by atoms with Gasteiger partial charge in [-0.25, -0.2) is 14.6 Å². The van der Waals surface area contributed by atoms with Crippen molar-refractivity contribution in [2.24, 2.45) is 0 Å². The van der Waals surface area contributed by atoms with Crippen LogP contribution in [0.4, 0.5) is 9.93 Å². The number of carbonyl (C=O) groups excluding carboxylic acids is 1. The topological polar surface area (TPSA) is 91.3 Å². The number of carboxylic acids is 1. The molecular weight excluding hydrogens is 254 g/mol. The summed E-state index contributed by atoms with van der Waals surface area (Å²) in [6.45, 7) is 3.78. The van der Waals surface area contributed by atoms with Crippen LogP contribution in [0.15, 0.2) is 0 Å². The predicted molar refractivity (Wildman–Crippen MR) is 68.0 cm³/mol. The van der Waals surface area contributed by atoms with Crippen LogP contribution in [0, 0.1) is 13.8 Å². The van der Waals surface area contributed by atoms with Gasteiger partial charge in [0.2, 0.25) is 0 Å². The van der Waals surface area contributed by atoms with Crippen LogP contribution in [0.5, 0.6) is 0 Å². The van der Waals surface area contributed by atoms with E-state index in [4.69, 9.17) is 5.11 Å². The largest absolute Gasteiger partial charge is 0.480 e. The Hall–Kier alpha value is -1.63. The fourth-order valence-corrected chi connectivity index (χ4v) is 2.60. The van der Waals surface area contributed by atoms with Gasteiger partial charge in [-0.15, -0.1) is 11.3 Å². The smallest absolute Gasteiger partial charge is 0.329 e. The second-order valence-electron chi connectivity index (χ2n) is 4.48. The number of anilines is 1. The lowest BCUT2D eigenvalue weighted by atomic mass is 9.77. The summed E-state index contributed by atoms with van der Waals surface area (Å²) < 4.78 is 0. The highest BCUT2D eigenvalue weighted by molar-refractivity contribution is 7.15. The molecule has 3 N–H and O–H groups in total. The third-order valence-electron chi connectivity index (χ3n) is 3.22. The molecule has 0 saturated heterocycles. The summed E-state index contributed by atoms with van der Waals surface area (Å²) in [5.74, 6) is -0.976. The van der Waals surface area contributed by atoms with Crippen molar-refractivity contribution in [3.05, 3.63) is 10.6 Å². The highest BCUT2D eigenvalue weighted by Gasteiger charge is 2.45. The zero-order valence-corrected chi connectivity index (χ0v) is 11.1. The molecule has 18 heavy (non-hydrogen) atoms. The van der Waals surface area contributed by atoms with Crippen LogP contribution < -0.4 is 10.6 Å². The number of nitrogens with one attached hydrogen (secondary N) is 2. The lowest BCUT2D eigenvalue weighted by Crippen LogP contribution is -2.60. The molecule has 1 saturated carbocycles. The third kappa shape index (κ3) is 2.31. The van der Waals surface area contributed by atoms with Crippen molar-refractivity contribution in [3.63, 3.8) is 0 Å². The summed E-state index contributed by atoms with van der Waals surface area (Å²) >= 11 is 1.37. The van der Waals surface area contributed by atoms with Crippen LogP contribution in [-0.4, -0.2) is 27.6 Å². The number of rotatable bonds is 3. The first-order valence-corrected chi connectivity index (χ1v) is 6.51. The molecule has 98 valence electrons. The highest BCUT2D eigenvalue weighted by atomic mass is 32.1. The van der Waals surface area contributed by atoms with Crippen molar-refractivity contribution in [2.45, 2.75) is 38.6 Å². The summed E-state index contributed by atoms with van der Waals surface area (Å²) in [6, 6.07) is -0.508. The second kappa shape index (κ2) is 4.56. The first-order valence-electron chi connectivity index (χ1n) is 5.69. The fraction of sp³-hybridized carbons (Fsp3) is 0.545. The molecule has 0 spiro atoms. The van der Waals surface area contributed by atoms with Gasteiger partial charge >= 0.3 is 12.0 Å². The first kappa shape index (κ1) is 12.8. The molecule has 0 unspecified atom stereocenters. The number of aromatic nitrogens is 1. The fourth-order valence-electron chi connectivity index (χ4n) is 1.79. The van der Waals surface area contributed by atoms with Gasteiger partial charge in [0.05, 0.1) is 5.69 Å². The maximum Gasteiger partial charge on any atom is 0.329 e. The van der Waals surface area contributed by atoms with E-state index < -0.39 is 17.5 Å². The van der Waals surface area contributed by atoms with Crippen molar-refractivity contribution in [1.29, 1.82) is 0 Å². The average molecular weight is 269 g/mol. The van der Waals surface area contributed by atoms with E-state index in [0.29, 0.717) is 18.0 Å². The van der Waals surface area contributed by atoms with Crippen molar-refractivity contribution in [1.82, 2.24) is 10.3 Å². The number of nitrogens with zero attached hydrogens (tertiary/aromatic N) is 1. The van der Waals surface area contributed by atoms with Crippen molar-refractivity contribution in [3.8, 4) is 0 Å². The number of aliphatic carboxylic acids is 1. The van der Waals surface area contributed by atoms with Crippen LogP contribution in [0.1, 0.15) is 29.8 Å². The van der Waals surface area contributed by atoms with E-state index in [1.165, 1.54) is 11.3 Å². The molecule has 1 aromatic rings. The van der Waals surface area contributed by atoms with Crippen LogP contribution in [0.2, 0.25) is 0 Å². The Bertz CT molecular complexity index is 474. The van der Waals surface area contributed by atoms with Gasteiger partial charge in [0.15, 0.2) is 5.13 Å². The molecule has 2 rings (SSSR count). The number of carboxylic acid groups (broad SMARTS) is 1. The molecule has 1 aliphatic carbocycles. The van der Waals surface area contributed by atoms with Gasteiger partial charge in [-0.05, 0) is 33.1 Å². The second-order valence-corrected chi connectivity index (χ2v) is 5.68. The molecule has 0 radical (unpaired) electrons. The molecule has 1 aliphatic rings. The molecular formula is C11H15N3O3S. The van der Waals surface area contributed by atoms with Crippen LogP contribution in [0.3, 0.4) is 0 Å². The molecule has 1 heterocycles. The summed E-state index contributed by atoms with van der Waals surface area (Å²) in [7, 11) is 0. The summed E-state index contributed by atoms with van der Waals surface area (Å²) in [5, 5.41) is 14.7. The van der Waals surface area contributed by atoms with Crippen molar-refractivity contribution in [2.75, 3.05) is 5.32 Å². The number of amides is 2. The number of carbonyl (C=O) groups is 2. The van der Waals surface area contributed by atoms with Crippen LogP contribution in [-0.2, 0) is 4.79 Å². The number of hydrogen-bond acceptors (Lipinski definition) is 4. The quantitative estimate of drug-likeness (QED) is 0.781. The molecule has 1 fully saturated rings. The number of urea groups is 1. The molecule has 7 heteroatoms. The Morgan fingerprint density at radius 2 is 2.06 bits per heavy atom. The number of thiazole rings is 1. The van der Waals surface area contributed by atoms with Gasteiger partial charge in [-0.3, -0.25) is 5.32 Å². The Balaban J connectivity index is 1.98. The van der Waals surface area contributed by atoms with Crippen molar-refractivity contribution >= 4 is 28.5 Å². The Morgan fingerprint density at radius 1 is 1.39 bits per heavy atom. The number of hydrogen-bond donors (Lipinski definition) is 3.